The van der Waals surface area contributed by atoms with E-state index in [0.29, 0.717) is 25.0 Å². The van der Waals surface area contributed by atoms with Crippen molar-refractivity contribution >= 4 is 39.9 Å². The molecule has 5 atom stereocenters. The third-order valence-corrected chi connectivity index (χ3v) is 11.8. The van der Waals surface area contributed by atoms with E-state index in [4.69, 9.17) is 14.2 Å². The average molecular weight is 728 g/mol. The van der Waals surface area contributed by atoms with Crippen molar-refractivity contribution in [2.75, 3.05) is 19.8 Å². The summed E-state index contributed by atoms with van der Waals surface area (Å²) in [6.07, 6.45) is 3.98. The van der Waals surface area contributed by atoms with Gasteiger partial charge in [-0.15, -0.1) is 6.58 Å². The van der Waals surface area contributed by atoms with Crippen LogP contribution in [0.15, 0.2) is 43.0 Å². The zero-order valence-corrected chi connectivity index (χ0v) is 29.8. The predicted octanol–water partition coefficient (Wildman–Crippen LogP) is 2.26. The predicted molar refractivity (Wildman–Crippen MR) is 182 cm³/mol. The molecule has 1 unspecified atom stereocenters. The van der Waals surface area contributed by atoms with Crippen LogP contribution in [0.4, 0.5) is 9.59 Å². The summed E-state index contributed by atoms with van der Waals surface area (Å²) in [4.78, 5) is 71.0. The van der Waals surface area contributed by atoms with Gasteiger partial charge < -0.3 is 29.7 Å². The molecule has 1 aromatic carbocycles. The fourth-order valence-electron chi connectivity index (χ4n) is 6.78. The van der Waals surface area contributed by atoms with Crippen LogP contribution >= 0.6 is 0 Å². The highest BCUT2D eigenvalue weighted by atomic mass is 32.2. The molecule has 3 fully saturated rings. The molecule has 3 aliphatic heterocycles. The zero-order chi connectivity index (χ0) is 36.7. The lowest BCUT2D eigenvalue weighted by Gasteiger charge is -2.35. The van der Waals surface area contributed by atoms with Crippen molar-refractivity contribution in [1.82, 2.24) is 25.2 Å². The lowest BCUT2D eigenvalue weighted by atomic mass is 9.85. The number of carbonyl (C=O) groups excluding carboxylic acids is 5. The second kappa shape index (κ2) is 13.8. The van der Waals surface area contributed by atoms with Crippen molar-refractivity contribution in [2.45, 2.75) is 94.9 Å². The fraction of sp³-hybridized carbons (Fsp3) is 0.571. The second-order valence-corrected chi connectivity index (χ2v) is 16.8. The smallest absolute Gasteiger partial charge is 0.410 e. The first-order valence-corrected chi connectivity index (χ1v) is 18.8. The van der Waals surface area contributed by atoms with Crippen molar-refractivity contribution in [2.24, 2.45) is 11.3 Å². The van der Waals surface area contributed by atoms with E-state index in [1.807, 2.05) is 24.3 Å². The molecule has 5 aliphatic rings. The van der Waals surface area contributed by atoms with Crippen molar-refractivity contribution in [3.63, 3.8) is 0 Å². The molecule has 1 aromatic rings. The summed E-state index contributed by atoms with van der Waals surface area (Å²) in [5, 5.41) is 4.72. The Labute approximate surface area is 297 Å². The van der Waals surface area contributed by atoms with Gasteiger partial charge in [0.05, 0.1) is 24.9 Å². The Kier molecular flexibility index (Phi) is 9.83. The lowest BCUT2D eigenvalue weighted by molar-refractivity contribution is -0.142. The molecule has 5 amide bonds. The van der Waals surface area contributed by atoms with E-state index in [1.54, 1.807) is 26.8 Å². The van der Waals surface area contributed by atoms with Crippen molar-refractivity contribution in [3.05, 3.63) is 54.1 Å². The summed E-state index contributed by atoms with van der Waals surface area (Å²) in [7, 11) is -3.91. The third kappa shape index (κ3) is 7.70. The molecule has 15 nitrogen and oxygen atoms in total. The number of alkyl carbamates (subject to hydrolysis) is 1. The number of nitrogens with zero attached hydrogens (tertiary/aromatic N) is 2. The summed E-state index contributed by atoms with van der Waals surface area (Å²) < 4.78 is 44.6. The minimum Gasteiger partial charge on any atom is -0.489 e. The third-order valence-electron chi connectivity index (χ3n) is 9.96. The molecule has 51 heavy (non-hydrogen) atoms. The Morgan fingerprint density at radius 2 is 1.86 bits per heavy atom. The SMILES string of the molecule is C=C[C@H]1C[C@@]1(NC(=O)[C@@H]1CC2CN1C(=O)[C@H](C(C)(C)C)NC(=O)OCC/C=C/COc1cccc3c1CN(C3)C(=O)O2)C(=O)NS(=O)(=O)C1CC1. The highest BCUT2D eigenvalue weighted by molar-refractivity contribution is 7.91. The largest absolute Gasteiger partial charge is 0.489 e. The van der Waals surface area contributed by atoms with Gasteiger partial charge in [0.15, 0.2) is 0 Å². The first-order valence-electron chi connectivity index (χ1n) is 17.2. The Balaban J connectivity index is 1.27. The van der Waals surface area contributed by atoms with E-state index >= 15 is 0 Å². The number of benzene rings is 1. The van der Waals surface area contributed by atoms with E-state index in [1.165, 1.54) is 15.9 Å². The quantitative estimate of drug-likeness (QED) is 0.367. The first-order chi connectivity index (χ1) is 24.1. The Morgan fingerprint density at radius 1 is 1.10 bits per heavy atom. The minimum absolute atomic E-state index is 0.0426. The fourth-order valence-corrected chi connectivity index (χ4v) is 8.15. The highest BCUT2D eigenvalue weighted by Gasteiger charge is 2.62. The number of sulfonamides is 1. The van der Waals surface area contributed by atoms with E-state index in [2.05, 4.69) is 21.9 Å². The standard InChI is InChI=1S/C35H45N5O10S/c1-5-22-17-35(22,31(43)38-51(46,47)24-12-13-24)37-29(41)26-16-23-19-40(26)30(42)28(34(2,3)4)36-32(44)49-15-8-6-7-14-48-27-11-9-10-21-18-39(20-25(21)27)33(45)50-23/h5-7,9-11,22-24,26,28H,1,8,12-20H2,2-4H3,(H,36,44)(H,37,41)(H,38,43)/b7-6+/t22-,23?,26-,28+,35-/m0/s1. The van der Waals surface area contributed by atoms with Crippen LogP contribution in [0, 0.1) is 11.3 Å². The van der Waals surface area contributed by atoms with Gasteiger partial charge in [0.2, 0.25) is 21.8 Å². The van der Waals surface area contributed by atoms with Crippen LogP contribution in [0.2, 0.25) is 0 Å². The van der Waals surface area contributed by atoms with E-state index in [0.717, 1.165) is 11.1 Å². The lowest BCUT2D eigenvalue weighted by Crippen LogP contribution is -2.60. The van der Waals surface area contributed by atoms with E-state index in [9.17, 15) is 32.4 Å². The molecule has 2 aliphatic carbocycles. The highest BCUT2D eigenvalue weighted by Crippen LogP contribution is 2.45. The normalized spacial score (nSPS) is 29.1. The van der Waals surface area contributed by atoms with Crippen LogP contribution in [0.5, 0.6) is 5.75 Å². The topological polar surface area (TPSA) is 190 Å². The molecular weight excluding hydrogens is 682 g/mol. The Morgan fingerprint density at radius 3 is 2.55 bits per heavy atom. The summed E-state index contributed by atoms with van der Waals surface area (Å²) in [5.74, 6) is -2.15. The molecule has 4 bridgehead atoms. The number of nitrogens with one attached hydrogen (secondary N) is 3. The number of carbonyl (C=O) groups is 5. The van der Waals surface area contributed by atoms with Crippen LogP contribution in [-0.2, 0) is 47.0 Å². The maximum atomic E-state index is 14.3. The number of rotatable bonds is 6. The molecule has 1 saturated heterocycles. The second-order valence-electron chi connectivity index (χ2n) is 14.8. The number of ether oxygens (including phenoxy) is 3. The van der Waals surface area contributed by atoms with E-state index < -0.39 is 80.2 Å². The molecule has 16 heteroatoms. The van der Waals surface area contributed by atoms with E-state index in [-0.39, 0.29) is 45.7 Å². The van der Waals surface area contributed by atoms with Gasteiger partial charge in [0.25, 0.3) is 5.91 Å². The Bertz CT molecular complexity index is 1750. The minimum atomic E-state index is -3.91. The molecule has 3 N–H and O–H groups in total. The zero-order valence-electron chi connectivity index (χ0n) is 29.0. The van der Waals surface area contributed by atoms with Gasteiger partial charge in [-0.05, 0) is 42.7 Å². The maximum absolute atomic E-state index is 14.3. The molecule has 3 heterocycles. The van der Waals surface area contributed by atoms with Gasteiger partial charge in [0, 0.05) is 24.4 Å². The molecule has 276 valence electrons. The van der Waals surface area contributed by atoms with Crippen LogP contribution in [0.3, 0.4) is 0 Å². The van der Waals surface area contributed by atoms with Gasteiger partial charge in [-0.2, -0.15) is 0 Å². The van der Waals surface area contributed by atoms with Crippen molar-refractivity contribution in [1.29, 1.82) is 0 Å². The summed E-state index contributed by atoms with van der Waals surface area (Å²) >= 11 is 0. The number of amides is 5. The Hall–Kier alpha value is -4.60. The van der Waals surface area contributed by atoms with Gasteiger partial charge >= 0.3 is 12.2 Å². The van der Waals surface area contributed by atoms with Crippen LogP contribution in [-0.4, -0.2) is 96.9 Å². The number of cyclic esters (lactones) is 1. The van der Waals surface area contributed by atoms with Crippen LogP contribution < -0.4 is 20.1 Å². The van der Waals surface area contributed by atoms with Crippen molar-refractivity contribution in [3.8, 4) is 5.75 Å². The molecule has 0 aromatic heterocycles. The van der Waals surface area contributed by atoms with Gasteiger partial charge in [-0.25, -0.2) is 18.0 Å². The molecule has 0 radical (unpaired) electrons. The molecule has 2 saturated carbocycles. The van der Waals surface area contributed by atoms with Crippen LogP contribution in [0.25, 0.3) is 0 Å². The molecule has 0 spiro atoms. The van der Waals surface area contributed by atoms with Crippen molar-refractivity contribution < 1.29 is 46.6 Å². The van der Waals surface area contributed by atoms with Gasteiger partial charge in [0.1, 0.15) is 36.1 Å². The number of fused-ring (bicyclic) bond motifs is 3. The number of hydrogen-bond acceptors (Lipinski definition) is 10. The summed E-state index contributed by atoms with van der Waals surface area (Å²) in [6.45, 7) is 9.63. The molecular formula is C35H45N5O10S. The summed E-state index contributed by atoms with van der Waals surface area (Å²) in [5.41, 5.74) is -0.685. The first kappa shape index (κ1) is 36.2. The monoisotopic (exact) mass is 727 g/mol. The summed E-state index contributed by atoms with van der Waals surface area (Å²) in [6, 6.07) is 3.18. The van der Waals surface area contributed by atoms with Gasteiger partial charge in [-0.3, -0.25) is 24.0 Å². The maximum Gasteiger partial charge on any atom is 0.410 e. The molecule has 6 rings (SSSR count). The van der Waals surface area contributed by atoms with Crippen LogP contribution in [0.1, 0.15) is 64.0 Å². The average Bonchev–Trinajstić information content (AvgIpc) is 3.96. The van der Waals surface area contributed by atoms with Gasteiger partial charge in [-0.1, -0.05) is 51.1 Å². The number of hydrogen-bond donors (Lipinski definition) is 3.